The first-order valence-electron chi connectivity index (χ1n) is 9.60. The van der Waals surface area contributed by atoms with Crippen molar-refractivity contribution in [1.82, 2.24) is 9.88 Å². The fourth-order valence-electron chi connectivity index (χ4n) is 4.81. The van der Waals surface area contributed by atoms with E-state index in [-0.39, 0.29) is 5.92 Å². The zero-order valence-corrected chi connectivity index (χ0v) is 15.8. The van der Waals surface area contributed by atoms with E-state index in [1.54, 1.807) is 11.1 Å². The summed E-state index contributed by atoms with van der Waals surface area (Å²) in [6.45, 7) is 0.0181. The topological polar surface area (TPSA) is 106 Å². The van der Waals surface area contributed by atoms with Crippen molar-refractivity contribution in [3.8, 4) is 0 Å². The lowest BCUT2D eigenvalue weighted by Crippen LogP contribution is -2.54. The molecule has 0 bridgehead atoms. The van der Waals surface area contributed by atoms with Crippen molar-refractivity contribution in [2.75, 3.05) is 20.3 Å². The molecule has 1 aliphatic heterocycles. The molecule has 2 heterocycles. The molecule has 2 aliphatic rings. The summed E-state index contributed by atoms with van der Waals surface area (Å²) in [5.41, 5.74) is 1.20. The van der Waals surface area contributed by atoms with Gasteiger partial charge >= 0.3 is 5.97 Å². The summed E-state index contributed by atoms with van der Waals surface area (Å²) in [6, 6.07) is 8.00. The van der Waals surface area contributed by atoms with Crippen LogP contribution in [0.3, 0.4) is 0 Å². The number of aliphatic hydroxyl groups excluding tert-OH is 2. The van der Waals surface area contributed by atoms with Crippen molar-refractivity contribution < 1.29 is 24.9 Å². The Morgan fingerprint density at radius 2 is 2.18 bits per heavy atom. The van der Waals surface area contributed by atoms with Crippen molar-refractivity contribution in [3.63, 3.8) is 0 Å². The van der Waals surface area contributed by atoms with Crippen LogP contribution < -0.4 is 0 Å². The normalized spacial score (nSPS) is 29.6. The van der Waals surface area contributed by atoms with Crippen LogP contribution in [0.4, 0.5) is 0 Å². The number of ether oxygens (including phenoxy) is 1. The number of aromatic amines is 1. The van der Waals surface area contributed by atoms with Crippen LogP contribution in [0, 0.1) is 11.8 Å². The van der Waals surface area contributed by atoms with Crippen LogP contribution >= 0.6 is 0 Å². The van der Waals surface area contributed by atoms with Gasteiger partial charge in [-0.1, -0.05) is 18.2 Å². The van der Waals surface area contributed by atoms with Crippen LogP contribution in [0.25, 0.3) is 10.9 Å². The van der Waals surface area contributed by atoms with E-state index in [0.717, 1.165) is 16.5 Å². The number of benzene rings is 1. The molecule has 7 nitrogen and oxygen atoms in total. The van der Waals surface area contributed by atoms with E-state index in [1.165, 1.54) is 7.11 Å². The third-order valence-corrected chi connectivity index (χ3v) is 6.32. The van der Waals surface area contributed by atoms with E-state index in [0.29, 0.717) is 31.4 Å². The number of H-pyrrole nitrogens is 1. The van der Waals surface area contributed by atoms with E-state index < -0.39 is 30.3 Å². The van der Waals surface area contributed by atoms with Crippen molar-refractivity contribution in [3.05, 3.63) is 47.8 Å². The van der Waals surface area contributed by atoms with Crippen LogP contribution in [0.1, 0.15) is 18.4 Å². The van der Waals surface area contributed by atoms with E-state index in [9.17, 15) is 20.1 Å². The molecule has 4 atom stereocenters. The minimum absolute atomic E-state index is 0.330. The molecule has 0 radical (unpaired) electrons. The first-order chi connectivity index (χ1) is 13.5. The van der Waals surface area contributed by atoms with Gasteiger partial charge in [-0.2, -0.15) is 0 Å². The second-order valence-corrected chi connectivity index (χ2v) is 7.77. The first kappa shape index (κ1) is 19.0. The lowest BCUT2D eigenvalue weighted by molar-refractivity contribution is -0.145. The Balaban J connectivity index is 1.61. The number of fused-ring (bicyclic) bond motifs is 2. The number of hydrogen-bond donors (Lipinski definition) is 4. The third kappa shape index (κ3) is 2.99. The highest BCUT2D eigenvalue weighted by molar-refractivity contribution is 5.89. The number of carbonyl (C=O) groups is 1. The molecule has 4 rings (SSSR count). The summed E-state index contributed by atoms with van der Waals surface area (Å²) in [6.07, 6.45) is 4.14. The Bertz CT molecular complexity index is 907. The number of carbonyl (C=O) groups excluding carboxylic acids is 1. The van der Waals surface area contributed by atoms with Gasteiger partial charge in [0.15, 0.2) is 0 Å². The molecule has 7 heteroatoms. The highest BCUT2D eigenvalue weighted by Crippen LogP contribution is 2.49. The van der Waals surface area contributed by atoms with E-state index in [1.807, 2.05) is 30.5 Å². The van der Waals surface area contributed by atoms with Crippen LogP contribution in [0.5, 0.6) is 0 Å². The number of aliphatic hydroxyl groups is 3. The molecule has 4 N–H and O–H groups in total. The fraction of sp³-hybridized carbons (Fsp3) is 0.476. The van der Waals surface area contributed by atoms with Gasteiger partial charge in [-0.25, -0.2) is 4.79 Å². The smallest absolute Gasteiger partial charge is 0.335 e. The largest absolute Gasteiger partial charge is 0.466 e. The Kier molecular flexibility index (Phi) is 4.91. The third-order valence-electron chi connectivity index (χ3n) is 6.32. The van der Waals surface area contributed by atoms with Gasteiger partial charge in [0, 0.05) is 41.7 Å². The van der Waals surface area contributed by atoms with Crippen LogP contribution in [0.2, 0.25) is 0 Å². The minimum atomic E-state index is -1.41. The number of nitrogens with zero attached hydrogens (tertiary/aromatic N) is 1. The summed E-state index contributed by atoms with van der Waals surface area (Å²) in [4.78, 5) is 17.2. The standard InChI is InChI=1S/C21H26N2O5/c1-28-20(26)16-11-23(19(25)18-15(16)6-8-21(18,27)12-24)9-7-13-10-22-17-5-3-2-4-14(13)17/h2-5,10-11,15,18-19,22,24-25,27H,6-9,12H2,1H3/t15-,18-,19?,21?/m1/s1. The second-order valence-electron chi connectivity index (χ2n) is 7.77. The number of esters is 1. The van der Waals surface area contributed by atoms with Crippen molar-refractivity contribution in [2.45, 2.75) is 31.1 Å². The van der Waals surface area contributed by atoms with Crippen molar-refractivity contribution in [1.29, 1.82) is 0 Å². The molecular weight excluding hydrogens is 360 g/mol. The Hall–Kier alpha value is -2.35. The fourth-order valence-corrected chi connectivity index (χ4v) is 4.81. The zero-order valence-electron chi connectivity index (χ0n) is 15.8. The molecule has 0 amide bonds. The van der Waals surface area contributed by atoms with E-state index in [4.69, 9.17) is 4.74 Å². The number of rotatable bonds is 5. The Morgan fingerprint density at radius 3 is 2.93 bits per heavy atom. The first-order valence-corrected chi connectivity index (χ1v) is 9.60. The monoisotopic (exact) mass is 386 g/mol. The average molecular weight is 386 g/mol. The molecule has 1 aliphatic carbocycles. The Labute approximate surface area is 163 Å². The number of nitrogens with one attached hydrogen (secondary N) is 1. The van der Waals surface area contributed by atoms with Crippen LogP contribution in [-0.2, 0) is 16.0 Å². The van der Waals surface area contributed by atoms with Crippen molar-refractivity contribution in [2.24, 2.45) is 11.8 Å². The number of aromatic nitrogens is 1. The van der Waals surface area contributed by atoms with Gasteiger partial charge in [0.1, 0.15) is 6.23 Å². The van der Waals surface area contributed by atoms with Gasteiger partial charge in [0.2, 0.25) is 0 Å². The van der Waals surface area contributed by atoms with Crippen molar-refractivity contribution >= 4 is 16.9 Å². The van der Waals surface area contributed by atoms with Crippen LogP contribution in [0.15, 0.2) is 42.2 Å². The zero-order chi connectivity index (χ0) is 19.9. The van der Waals surface area contributed by atoms with Gasteiger partial charge in [-0.15, -0.1) is 0 Å². The number of methoxy groups -OCH3 is 1. The van der Waals surface area contributed by atoms with E-state index in [2.05, 4.69) is 4.98 Å². The number of hydrogen-bond acceptors (Lipinski definition) is 6. The maximum absolute atomic E-state index is 12.3. The molecule has 2 unspecified atom stereocenters. The van der Waals surface area contributed by atoms with Gasteiger partial charge in [-0.05, 0) is 30.9 Å². The van der Waals surface area contributed by atoms with Crippen LogP contribution in [-0.4, -0.2) is 63.3 Å². The quantitative estimate of drug-likeness (QED) is 0.575. The molecule has 1 saturated carbocycles. The average Bonchev–Trinajstić information content (AvgIpc) is 3.29. The molecule has 28 heavy (non-hydrogen) atoms. The van der Waals surface area contributed by atoms with Gasteiger partial charge in [0.25, 0.3) is 0 Å². The summed E-state index contributed by atoms with van der Waals surface area (Å²) in [5.74, 6) is -1.43. The molecule has 1 fully saturated rings. The minimum Gasteiger partial charge on any atom is -0.466 e. The van der Waals surface area contributed by atoms with Gasteiger partial charge < -0.3 is 29.9 Å². The lowest BCUT2D eigenvalue weighted by atomic mass is 9.78. The summed E-state index contributed by atoms with van der Waals surface area (Å²) < 4.78 is 4.93. The summed E-state index contributed by atoms with van der Waals surface area (Å²) >= 11 is 0. The molecule has 1 aromatic heterocycles. The molecule has 2 aromatic rings. The lowest BCUT2D eigenvalue weighted by Gasteiger charge is -2.43. The van der Waals surface area contributed by atoms with E-state index >= 15 is 0 Å². The highest BCUT2D eigenvalue weighted by Gasteiger charge is 2.55. The SMILES string of the molecule is COC(=O)C1=CN(CCc2c[nH]c3ccccc23)C(O)[C@H]2[C@@H]1CCC2(O)CO. The predicted molar refractivity (Wildman–Crippen MR) is 103 cm³/mol. The highest BCUT2D eigenvalue weighted by atomic mass is 16.5. The molecular formula is C21H26N2O5. The van der Waals surface area contributed by atoms with Gasteiger partial charge in [-0.3, -0.25) is 0 Å². The molecule has 0 spiro atoms. The second kappa shape index (κ2) is 7.24. The molecule has 0 saturated heterocycles. The summed E-state index contributed by atoms with van der Waals surface area (Å²) in [5, 5.41) is 32.6. The summed E-state index contributed by atoms with van der Waals surface area (Å²) in [7, 11) is 1.33. The molecule has 1 aromatic carbocycles. The number of para-hydroxylation sites is 1. The maximum atomic E-state index is 12.3. The van der Waals surface area contributed by atoms with Gasteiger partial charge in [0.05, 0.1) is 24.9 Å². The molecule has 150 valence electrons. The maximum Gasteiger partial charge on any atom is 0.335 e. The Morgan fingerprint density at radius 1 is 1.39 bits per heavy atom. The predicted octanol–water partition coefficient (Wildman–Crippen LogP) is 1.15.